The maximum Gasteiger partial charge on any atom is 0.163 e. The Hall–Kier alpha value is -1.68. The summed E-state index contributed by atoms with van der Waals surface area (Å²) in [4.78, 5) is 16.0. The second-order valence-electron chi connectivity index (χ2n) is 4.01. The third-order valence-electron chi connectivity index (χ3n) is 2.74. The fourth-order valence-corrected chi connectivity index (χ4v) is 1.86. The van der Waals surface area contributed by atoms with E-state index in [0.717, 1.165) is 5.82 Å². The van der Waals surface area contributed by atoms with E-state index in [0.29, 0.717) is 18.4 Å². The molecule has 0 unspecified atom stereocenters. The third-order valence-corrected chi connectivity index (χ3v) is 3.03. The molecule has 0 atom stereocenters. The van der Waals surface area contributed by atoms with Gasteiger partial charge in [0, 0.05) is 37.8 Å². The Kier molecular flexibility index (Phi) is 3.77. The van der Waals surface area contributed by atoms with Crippen LogP contribution in [0.4, 0.5) is 4.39 Å². The summed E-state index contributed by atoms with van der Waals surface area (Å²) in [7, 11) is 1.88. The lowest BCUT2D eigenvalue weighted by Gasteiger charge is -2.03. The molecule has 18 heavy (non-hydrogen) atoms. The van der Waals surface area contributed by atoms with Crippen LogP contribution in [0.5, 0.6) is 0 Å². The molecule has 0 bridgehead atoms. The largest absolute Gasteiger partial charge is 0.338 e. The summed E-state index contributed by atoms with van der Waals surface area (Å²) in [6.45, 7) is 0. The van der Waals surface area contributed by atoms with E-state index in [9.17, 15) is 9.18 Å². The summed E-state index contributed by atoms with van der Waals surface area (Å²) in [6, 6.07) is 4.01. The molecule has 3 nitrogen and oxygen atoms in total. The number of ketones is 1. The van der Waals surface area contributed by atoms with Crippen molar-refractivity contribution in [1.29, 1.82) is 0 Å². The topological polar surface area (TPSA) is 34.9 Å². The first-order valence-corrected chi connectivity index (χ1v) is 5.90. The molecule has 0 aliphatic heterocycles. The normalized spacial score (nSPS) is 10.6. The molecule has 2 aromatic rings. The van der Waals surface area contributed by atoms with Crippen molar-refractivity contribution in [1.82, 2.24) is 9.55 Å². The smallest absolute Gasteiger partial charge is 0.163 e. The van der Waals surface area contributed by atoms with Crippen molar-refractivity contribution in [3.05, 3.63) is 52.8 Å². The van der Waals surface area contributed by atoms with Gasteiger partial charge in [-0.1, -0.05) is 11.6 Å². The number of rotatable bonds is 4. The number of carbonyl (C=O) groups is 1. The van der Waals surface area contributed by atoms with Gasteiger partial charge in [0.05, 0.1) is 5.02 Å². The van der Waals surface area contributed by atoms with Gasteiger partial charge < -0.3 is 4.57 Å². The zero-order chi connectivity index (χ0) is 13.1. The van der Waals surface area contributed by atoms with Crippen molar-refractivity contribution >= 4 is 17.4 Å². The number of aryl methyl sites for hydroxylation is 2. The molecule has 2 rings (SSSR count). The van der Waals surface area contributed by atoms with Crippen LogP contribution in [0.3, 0.4) is 0 Å². The number of hydrogen-bond acceptors (Lipinski definition) is 2. The minimum atomic E-state index is -0.516. The summed E-state index contributed by atoms with van der Waals surface area (Å²) < 4.78 is 14.8. The van der Waals surface area contributed by atoms with Crippen molar-refractivity contribution < 1.29 is 9.18 Å². The lowest BCUT2D eigenvalue weighted by Crippen LogP contribution is -2.05. The first-order chi connectivity index (χ1) is 8.58. The average Bonchev–Trinajstić information content (AvgIpc) is 2.75. The van der Waals surface area contributed by atoms with E-state index >= 15 is 0 Å². The highest BCUT2D eigenvalue weighted by atomic mass is 35.5. The first kappa shape index (κ1) is 12.8. The minimum absolute atomic E-state index is 0.0298. The van der Waals surface area contributed by atoms with Crippen molar-refractivity contribution in [2.24, 2.45) is 7.05 Å². The number of imidazole rings is 1. The maximum absolute atomic E-state index is 13.0. The Bertz CT molecular complexity index is 580. The molecule has 1 aromatic heterocycles. The van der Waals surface area contributed by atoms with Gasteiger partial charge >= 0.3 is 0 Å². The molecular weight excluding hydrogens is 255 g/mol. The summed E-state index contributed by atoms with van der Waals surface area (Å²) in [5.41, 5.74) is 0.426. The van der Waals surface area contributed by atoms with Gasteiger partial charge in [-0.2, -0.15) is 0 Å². The zero-order valence-corrected chi connectivity index (χ0v) is 10.6. The minimum Gasteiger partial charge on any atom is -0.338 e. The molecular formula is C13H12ClFN2O. The highest BCUT2D eigenvalue weighted by molar-refractivity contribution is 6.31. The Labute approximate surface area is 109 Å². The second-order valence-corrected chi connectivity index (χ2v) is 4.41. The van der Waals surface area contributed by atoms with Crippen molar-refractivity contribution in [2.75, 3.05) is 0 Å². The van der Waals surface area contributed by atoms with Gasteiger partial charge in [0.15, 0.2) is 5.78 Å². The summed E-state index contributed by atoms with van der Waals surface area (Å²) in [5.74, 6) is 0.258. The summed E-state index contributed by atoms with van der Waals surface area (Å²) >= 11 is 5.64. The van der Waals surface area contributed by atoms with Gasteiger partial charge in [-0.3, -0.25) is 4.79 Å². The van der Waals surface area contributed by atoms with Gasteiger partial charge in [0.2, 0.25) is 0 Å². The van der Waals surface area contributed by atoms with E-state index in [4.69, 9.17) is 11.6 Å². The molecule has 0 spiro atoms. The number of hydrogen-bond donors (Lipinski definition) is 0. The number of nitrogens with zero attached hydrogens (tertiary/aromatic N) is 2. The van der Waals surface area contributed by atoms with Crippen LogP contribution in [0.15, 0.2) is 30.6 Å². The van der Waals surface area contributed by atoms with E-state index in [-0.39, 0.29) is 10.8 Å². The van der Waals surface area contributed by atoms with E-state index < -0.39 is 5.82 Å². The van der Waals surface area contributed by atoms with E-state index in [1.165, 1.54) is 18.2 Å². The van der Waals surface area contributed by atoms with E-state index in [1.54, 1.807) is 6.20 Å². The van der Waals surface area contributed by atoms with Gasteiger partial charge in [0.25, 0.3) is 0 Å². The van der Waals surface area contributed by atoms with E-state index in [2.05, 4.69) is 4.98 Å². The predicted octanol–water partition coefficient (Wildman–Crippen LogP) is 3.03. The number of benzene rings is 1. The number of halogens is 2. The van der Waals surface area contributed by atoms with Crippen LogP contribution < -0.4 is 0 Å². The Balaban J connectivity index is 2.04. The van der Waals surface area contributed by atoms with Crippen molar-refractivity contribution in [3.63, 3.8) is 0 Å². The van der Waals surface area contributed by atoms with Crippen LogP contribution in [-0.2, 0) is 13.5 Å². The van der Waals surface area contributed by atoms with Crippen LogP contribution in [0.25, 0.3) is 0 Å². The molecule has 0 saturated heterocycles. The third kappa shape index (κ3) is 2.76. The Morgan fingerprint density at radius 2 is 2.28 bits per heavy atom. The summed E-state index contributed by atoms with van der Waals surface area (Å²) in [5, 5.41) is -0.0298. The molecule has 0 aliphatic carbocycles. The molecule has 0 fully saturated rings. The fourth-order valence-electron chi connectivity index (χ4n) is 1.68. The van der Waals surface area contributed by atoms with Gasteiger partial charge in [-0.05, 0) is 18.2 Å². The number of carbonyl (C=O) groups excluding carboxylic acids is 1. The van der Waals surface area contributed by atoms with Gasteiger partial charge in [-0.15, -0.1) is 0 Å². The standard InChI is InChI=1S/C13H12ClFN2O/c1-17-7-6-16-13(17)5-4-12(18)9-2-3-11(15)10(14)8-9/h2-3,6-8H,4-5H2,1H3. The van der Waals surface area contributed by atoms with Crippen molar-refractivity contribution in [3.8, 4) is 0 Å². The second kappa shape index (κ2) is 5.31. The van der Waals surface area contributed by atoms with E-state index in [1.807, 2.05) is 17.8 Å². The molecule has 0 N–H and O–H groups in total. The molecule has 0 aliphatic rings. The van der Waals surface area contributed by atoms with Crippen LogP contribution in [0.1, 0.15) is 22.6 Å². The van der Waals surface area contributed by atoms with Crippen LogP contribution in [0.2, 0.25) is 5.02 Å². The monoisotopic (exact) mass is 266 g/mol. The average molecular weight is 267 g/mol. The molecule has 94 valence electrons. The van der Waals surface area contributed by atoms with Crippen LogP contribution in [0, 0.1) is 5.82 Å². The Morgan fingerprint density at radius 3 is 2.89 bits per heavy atom. The quantitative estimate of drug-likeness (QED) is 0.798. The number of aromatic nitrogens is 2. The number of Topliss-reactive ketones (excluding diaryl/α,β-unsaturated/α-hetero) is 1. The van der Waals surface area contributed by atoms with Crippen LogP contribution >= 0.6 is 11.6 Å². The predicted molar refractivity (Wildman–Crippen MR) is 67.3 cm³/mol. The lowest BCUT2D eigenvalue weighted by molar-refractivity contribution is 0.0982. The highest BCUT2D eigenvalue weighted by Gasteiger charge is 2.10. The zero-order valence-electron chi connectivity index (χ0n) is 9.86. The summed E-state index contributed by atoms with van der Waals surface area (Å²) in [6.07, 6.45) is 4.40. The first-order valence-electron chi connectivity index (χ1n) is 5.52. The molecule has 1 heterocycles. The highest BCUT2D eigenvalue weighted by Crippen LogP contribution is 2.17. The molecule has 0 amide bonds. The Morgan fingerprint density at radius 1 is 1.50 bits per heavy atom. The fraction of sp³-hybridized carbons (Fsp3) is 0.231. The molecule has 0 radical (unpaired) electrons. The van der Waals surface area contributed by atoms with Crippen molar-refractivity contribution in [2.45, 2.75) is 12.8 Å². The van der Waals surface area contributed by atoms with Gasteiger partial charge in [0.1, 0.15) is 11.6 Å². The molecule has 0 saturated carbocycles. The van der Waals surface area contributed by atoms with Gasteiger partial charge in [-0.25, -0.2) is 9.37 Å². The SMILES string of the molecule is Cn1ccnc1CCC(=O)c1ccc(F)c(Cl)c1. The molecule has 1 aromatic carbocycles. The van der Waals surface area contributed by atoms with Crippen LogP contribution in [-0.4, -0.2) is 15.3 Å². The molecule has 5 heteroatoms. The maximum atomic E-state index is 13.0. The lowest BCUT2D eigenvalue weighted by atomic mass is 10.1.